The molecule has 0 aliphatic rings. The molecule has 2 aromatic rings. The van der Waals surface area contributed by atoms with Crippen molar-refractivity contribution in [3.8, 4) is 5.75 Å². The lowest BCUT2D eigenvalue weighted by molar-refractivity contribution is -0.147. The molecule has 2 aromatic carbocycles. The second kappa shape index (κ2) is 7.17. The zero-order valence-electron chi connectivity index (χ0n) is 10.5. The van der Waals surface area contributed by atoms with E-state index in [4.69, 9.17) is 32.7 Å². The van der Waals surface area contributed by atoms with Crippen LogP contribution in [0.1, 0.15) is 5.56 Å². The molecule has 0 amide bonds. The van der Waals surface area contributed by atoms with E-state index in [2.05, 4.69) is 0 Å². The third kappa shape index (κ3) is 4.44. The smallest absolute Gasteiger partial charge is 0.344 e. The lowest BCUT2D eigenvalue weighted by Gasteiger charge is -2.08. The Hall–Kier alpha value is -1.71. The fourth-order valence-electron chi connectivity index (χ4n) is 1.51. The molecule has 0 bridgehead atoms. The molecule has 0 aliphatic carbocycles. The van der Waals surface area contributed by atoms with Crippen molar-refractivity contribution in [3.63, 3.8) is 0 Å². The number of rotatable bonds is 5. The lowest BCUT2D eigenvalue weighted by atomic mass is 10.2. The van der Waals surface area contributed by atoms with Crippen molar-refractivity contribution in [3.05, 3.63) is 64.1 Å². The first-order chi connectivity index (χ1) is 9.65. The van der Waals surface area contributed by atoms with Crippen molar-refractivity contribution < 1.29 is 14.3 Å². The van der Waals surface area contributed by atoms with E-state index in [-0.39, 0.29) is 13.2 Å². The largest absolute Gasteiger partial charge is 0.480 e. The van der Waals surface area contributed by atoms with Crippen LogP contribution in [-0.2, 0) is 16.1 Å². The van der Waals surface area contributed by atoms with E-state index < -0.39 is 5.97 Å². The Bertz CT molecular complexity index is 585. The van der Waals surface area contributed by atoms with Gasteiger partial charge in [-0.1, -0.05) is 53.5 Å². The molecule has 0 N–H and O–H groups in total. The van der Waals surface area contributed by atoms with E-state index in [9.17, 15) is 4.79 Å². The van der Waals surface area contributed by atoms with Crippen LogP contribution in [0.15, 0.2) is 48.5 Å². The highest BCUT2D eigenvalue weighted by Crippen LogP contribution is 2.27. The number of carbonyl (C=O) groups excluding carboxylic acids is 1. The summed E-state index contributed by atoms with van der Waals surface area (Å²) in [4.78, 5) is 11.6. The summed E-state index contributed by atoms with van der Waals surface area (Å²) < 4.78 is 10.4. The highest BCUT2D eigenvalue weighted by molar-refractivity contribution is 6.35. The van der Waals surface area contributed by atoms with Gasteiger partial charge in [0.15, 0.2) is 6.61 Å². The monoisotopic (exact) mass is 310 g/mol. The first-order valence-electron chi connectivity index (χ1n) is 5.92. The van der Waals surface area contributed by atoms with Crippen molar-refractivity contribution in [2.24, 2.45) is 0 Å². The van der Waals surface area contributed by atoms with E-state index in [1.54, 1.807) is 18.2 Å². The van der Waals surface area contributed by atoms with Crippen LogP contribution in [-0.4, -0.2) is 12.6 Å². The quantitative estimate of drug-likeness (QED) is 0.779. The fourth-order valence-corrected chi connectivity index (χ4v) is 1.97. The van der Waals surface area contributed by atoms with Crippen molar-refractivity contribution in [2.75, 3.05) is 6.61 Å². The molecule has 0 aromatic heterocycles. The predicted molar refractivity (Wildman–Crippen MR) is 78.2 cm³/mol. The number of carbonyl (C=O) groups is 1. The maximum absolute atomic E-state index is 11.6. The van der Waals surface area contributed by atoms with Gasteiger partial charge in [-0.15, -0.1) is 0 Å². The molecule has 0 spiro atoms. The Morgan fingerprint density at radius 1 is 1.05 bits per heavy atom. The molecule has 0 fully saturated rings. The van der Waals surface area contributed by atoms with Crippen LogP contribution in [0.3, 0.4) is 0 Å². The van der Waals surface area contributed by atoms with Crippen LogP contribution in [0.5, 0.6) is 5.75 Å². The molecule has 0 atom stereocenters. The summed E-state index contributed by atoms with van der Waals surface area (Å²) in [7, 11) is 0. The van der Waals surface area contributed by atoms with Crippen molar-refractivity contribution >= 4 is 29.2 Å². The first kappa shape index (κ1) is 14.7. The Morgan fingerprint density at radius 3 is 2.50 bits per heavy atom. The van der Waals surface area contributed by atoms with Crippen LogP contribution in [0.2, 0.25) is 10.0 Å². The molecule has 0 saturated heterocycles. The molecule has 104 valence electrons. The average molecular weight is 311 g/mol. The van der Waals surface area contributed by atoms with E-state index in [1.807, 2.05) is 30.3 Å². The Balaban J connectivity index is 1.80. The van der Waals surface area contributed by atoms with Gasteiger partial charge in [0.25, 0.3) is 0 Å². The molecular formula is C15H12Cl2O3. The van der Waals surface area contributed by atoms with Crippen LogP contribution < -0.4 is 4.74 Å². The minimum Gasteiger partial charge on any atom is -0.480 e. The van der Waals surface area contributed by atoms with E-state index in [0.717, 1.165) is 5.56 Å². The second-order valence-corrected chi connectivity index (χ2v) is 4.85. The van der Waals surface area contributed by atoms with Gasteiger partial charge >= 0.3 is 5.97 Å². The summed E-state index contributed by atoms with van der Waals surface area (Å²) in [5.41, 5.74) is 0.922. The van der Waals surface area contributed by atoms with Crippen molar-refractivity contribution in [2.45, 2.75) is 6.61 Å². The van der Waals surface area contributed by atoms with E-state index in [0.29, 0.717) is 15.8 Å². The number of halogens is 2. The summed E-state index contributed by atoms with van der Waals surface area (Å²) in [6, 6.07) is 14.2. The molecule has 0 unspecified atom stereocenters. The number of esters is 1. The lowest BCUT2D eigenvalue weighted by Crippen LogP contribution is -2.14. The van der Waals surface area contributed by atoms with Crippen molar-refractivity contribution in [1.82, 2.24) is 0 Å². The molecule has 2 rings (SSSR count). The predicted octanol–water partition coefficient (Wildman–Crippen LogP) is 4.12. The van der Waals surface area contributed by atoms with Gasteiger partial charge in [0.1, 0.15) is 12.4 Å². The summed E-state index contributed by atoms with van der Waals surface area (Å²) >= 11 is 11.7. The average Bonchev–Trinajstić information content (AvgIpc) is 2.45. The standard InChI is InChI=1S/C15H12Cl2O3/c16-12-6-7-14(13(17)8-12)19-10-15(18)20-9-11-4-2-1-3-5-11/h1-8H,9-10H2. The third-order valence-electron chi connectivity index (χ3n) is 2.48. The summed E-state index contributed by atoms with van der Waals surface area (Å²) in [5, 5.41) is 0.863. The van der Waals surface area contributed by atoms with Crippen molar-refractivity contribution in [1.29, 1.82) is 0 Å². The normalized spacial score (nSPS) is 10.1. The van der Waals surface area contributed by atoms with E-state index >= 15 is 0 Å². The minimum atomic E-state index is -0.458. The zero-order chi connectivity index (χ0) is 14.4. The van der Waals surface area contributed by atoms with Crippen LogP contribution in [0.4, 0.5) is 0 Å². The zero-order valence-corrected chi connectivity index (χ0v) is 12.0. The van der Waals surface area contributed by atoms with Gasteiger partial charge < -0.3 is 9.47 Å². The second-order valence-electron chi connectivity index (χ2n) is 4.01. The molecule has 0 aliphatic heterocycles. The first-order valence-corrected chi connectivity index (χ1v) is 6.68. The Labute approximate surface area is 127 Å². The summed E-state index contributed by atoms with van der Waals surface area (Å²) in [6.45, 7) is 0.0194. The molecule has 0 saturated carbocycles. The Kier molecular flexibility index (Phi) is 5.27. The number of ether oxygens (including phenoxy) is 2. The van der Waals surface area contributed by atoms with E-state index in [1.165, 1.54) is 0 Å². The number of hydrogen-bond donors (Lipinski definition) is 0. The van der Waals surface area contributed by atoms with Gasteiger partial charge in [0.2, 0.25) is 0 Å². The van der Waals surface area contributed by atoms with Gasteiger partial charge in [0, 0.05) is 5.02 Å². The highest BCUT2D eigenvalue weighted by atomic mass is 35.5. The molecule has 0 radical (unpaired) electrons. The fraction of sp³-hybridized carbons (Fsp3) is 0.133. The van der Waals surface area contributed by atoms with Gasteiger partial charge in [-0.05, 0) is 23.8 Å². The molecule has 0 heterocycles. The van der Waals surface area contributed by atoms with Gasteiger partial charge in [-0.2, -0.15) is 0 Å². The van der Waals surface area contributed by atoms with Gasteiger partial charge in [-0.3, -0.25) is 0 Å². The molecule has 20 heavy (non-hydrogen) atoms. The maximum atomic E-state index is 11.6. The summed E-state index contributed by atoms with van der Waals surface area (Å²) in [6.07, 6.45) is 0. The summed E-state index contributed by atoms with van der Waals surface area (Å²) in [5.74, 6) is -0.0624. The topological polar surface area (TPSA) is 35.5 Å². The maximum Gasteiger partial charge on any atom is 0.344 e. The van der Waals surface area contributed by atoms with Gasteiger partial charge in [0.05, 0.1) is 5.02 Å². The SMILES string of the molecule is O=C(COc1ccc(Cl)cc1Cl)OCc1ccccc1. The van der Waals surface area contributed by atoms with Crippen LogP contribution >= 0.6 is 23.2 Å². The Morgan fingerprint density at radius 2 is 1.80 bits per heavy atom. The number of hydrogen-bond acceptors (Lipinski definition) is 3. The third-order valence-corrected chi connectivity index (χ3v) is 3.01. The van der Waals surface area contributed by atoms with Crippen LogP contribution in [0, 0.1) is 0 Å². The van der Waals surface area contributed by atoms with Gasteiger partial charge in [-0.25, -0.2) is 4.79 Å². The van der Waals surface area contributed by atoms with Crippen LogP contribution in [0.25, 0.3) is 0 Å². The molecule has 3 nitrogen and oxygen atoms in total. The molecule has 5 heteroatoms. The molecular weight excluding hydrogens is 299 g/mol. The number of benzene rings is 2. The highest BCUT2D eigenvalue weighted by Gasteiger charge is 2.07. The minimum absolute atomic E-state index is 0.200.